The number of ether oxygens (including phenoxy) is 1. The topological polar surface area (TPSA) is 87.7 Å². The van der Waals surface area contributed by atoms with Gasteiger partial charge in [0.25, 0.3) is 0 Å². The number of amides is 1. The lowest BCUT2D eigenvalue weighted by Gasteiger charge is -2.43. The van der Waals surface area contributed by atoms with Gasteiger partial charge in [0.05, 0.1) is 0 Å². The molecule has 0 aliphatic carbocycles. The maximum atomic E-state index is 13.5. The third kappa shape index (κ3) is 3.29. The zero-order valence-electron chi connectivity index (χ0n) is 10.0. The van der Waals surface area contributed by atoms with E-state index in [2.05, 4.69) is 10.6 Å². The molecule has 1 unspecified atom stereocenters. The van der Waals surface area contributed by atoms with Crippen molar-refractivity contribution in [3.8, 4) is 0 Å². The van der Waals surface area contributed by atoms with Crippen LogP contribution in [0.3, 0.4) is 0 Å². The lowest BCUT2D eigenvalue weighted by Crippen LogP contribution is -2.75. The molecule has 1 aliphatic heterocycles. The summed E-state index contributed by atoms with van der Waals surface area (Å²) in [5, 5.41) is 13.7. The van der Waals surface area contributed by atoms with Gasteiger partial charge in [-0.05, 0) is 20.8 Å². The molecular formula is C10H17FN2O4. The molecule has 6 nitrogen and oxygen atoms in total. The molecule has 1 amide bonds. The summed E-state index contributed by atoms with van der Waals surface area (Å²) in [7, 11) is 0. The van der Waals surface area contributed by atoms with E-state index in [9.17, 15) is 14.0 Å². The fraction of sp³-hybridized carbons (Fsp3) is 0.800. The first-order chi connectivity index (χ1) is 7.66. The number of rotatable bonds is 3. The van der Waals surface area contributed by atoms with Crippen LogP contribution in [0.2, 0.25) is 0 Å². The number of nitrogens with one attached hydrogen (secondary N) is 2. The van der Waals surface area contributed by atoms with Gasteiger partial charge in [-0.3, -0.25) is 0 Å². The highest BCUT2D eigenvalue weighted by Crippen LogP contribution is 2.20. The molecule has 0 radical (unpaired) electrons. The van der Waals surface area contributed by atoms with Crippen molar-refractivity contribution in [2.45, 2.75) is 38.1 Å². The second-order valence-electron chi connectivity index (χ2n) is 5.09. The molecule has 0 aromatic carbocycles. The Morgan fingerprint density at radius 3 is 2.29 bits per heavy atom. The molecule has 0 aromatic heterocycles. The Bertz CT molecular complexity index is 323. The van der Waals surface area contributed by atoms with Gasteiger partial charge >= 0.3 is 12.1 Å². The van der Waals surface area contributed by atoms with Crippen LogP contribution in [0.25, 0.3) is 0 Å². The van der Waals surface area contributed by atoms with Crippen LogP contribution in [-0.2, 0) is 9.53 Å². The molecule has 1 saturated heterocycles. The van der Waals surface area contributed by atoms with E-state index in [-0.39, 0.29) is 13.1 Å². The van der Waals surface area contributed by atoms with E-state index < -0.39 is 29.4 Å². The Balaban J connectivity index is 2.64. The maximum Gasteiger partial charge on any atom is 0.408 e. The SMILES string of the molecule is CC(C)(C)OC(=O)NC1(C(F)C(=O)O)CNC1. The number of aliphatic carboxylic acids is 1. The minimum atomic E-state index is -2.16. The highest BCUT2D eigenvalue weighted by atomic mass is 19.1. The van der Waals surface area contributed by atoms with Gasteiger partial charge in [-0.15, -0.1) is 0 Å². The van der Waals surface area contributed by atoms with E-state index in [1.807, 2.05) is 0 Å². The normalized spacial score (nSPS) is 20.0. The molecule has 0 saturated carbocycles. The van der Waals surface area contributed by atoms with Crippen LogP contribution in [0.5, 0.6) is 0 Å². The van der Waals surface area contributed by atoms with Crippen LogP contribution in [0.4, 0.5) is 9.18 Å². The molecule has 1 rings (SSSR count). The van der Waals surface area contributed by atoms with Gasteiger partial charge in [-0.2, -0.15) is 0 Å². The quantitative estimate of drug-likeness (QED) is 0.667. The predicted octanol–water partition coefficient (Wildman–Crippen LogP) is 0.276. The van der Waals surface area contributed by atoms with Gasteiger partial charge < -0.3 is 20.5 Å². The number of hydrogen-bond acceptors (Lipinski definition) is 4. The van der Waals surface area contributed by atoms with E-state index in [0.717, 1.165) is 0 Å². The zero-order valence-corrected chi connectivity index (χ0v) is 10.0. The Morgan fingerprint density at radius 1 is 1.47 bits per heavy atom. The van der Waals surface area contributed by atoms with Gasteiger partial charge in [0, 0.05) is 13.1 Å². The molecule has 98 valence electrons. The average molecular weight is 248 g/mol. The number of alkyl halides is 1. The van der Waals surface area contributed by atoms with Gasteiger partial charge in [0.2, 0.25) is 6.17 Å². The van der Waals surface area contributed by atoms with Crippen LogP contribution in [0.15, 0.2) is 0 Å². The van der Waals surface area contributed by atoms with Gasteiger partial charge in [-0.1, -0.05) is 0 Å². The second-order valence-corrected chi connectivity index (χ2v) is 5.09. The number of hydrogen-bond donors (Lipinski definition) is 3. The smallest absolute Gasteiger partial charge is 0.408 e. The summed E-state index contributed by atoms with van der Waals surface area (Å²) in [6.45, 7) is 5.15. The first-order valence-electron chi connectivity index (χ1n) is 5.25. The minimum Gasteiger partial charge on any atom is -0.479 e. The first-order valence-corrected chi connectivity index (χ1v) is 5.25. The van der Waals surface area contributed by atoms with E-state index >= 15 is 0 Å². The summed E-state index contributed by atoms with van der Waals surface area (Å²) in [5.41, 5.74) is -2.12. The highest BCUT2D eigenvalue weighted by Gasteiger charge is 2.50. The third-order valence-corrected chi connectivity index (χ3v) is 2.33. The molecule has 3 N–H and O–H groups in total. The second kappa shape index (κ2) is 4.48. The summed E-state index contributed by atoms with van der Waals surface area (Å²) in [6.07, 6.45) is -2.97. The largest absolute Gasteiger partial charge is 0.479 e. The molecule has 0 spiro atoms. The summed E-state index contributed by atoms with van der Waals surface area (Å²) in [4.78, 5) is 22.1. The Labute approximate surface area is 98.5 Å². The van der Waals surface area contributed by atoms with Crippen LogP contribution in [0.1, 0.15) is 20.8 Å². The number of halogens is 1. The van der Waals surface area contributed by atoms with Gasteiger partial charge in [-0.25, -0.2) is 14.0 Å². The monoisotopic (exact) mass is 248 g/mol. The summed E-state index contributed by atoms with van der Waals surface area (Å²) in [5.74, 6) is -1.59. The first kappa shape index (κ1) is 13.7. The van der Waals surface area contributed by atoms with Crippen molar-refractivity contribution in [1.29, 1.82) is 0 Å². The fourth-order valence-corrected chi connectivity index (χ4v) is 1.47. The van der Waals surface area contributed by atoms with Crippen molar-refractivity contribution in [1.82, 2.24) is 10.6 Å². The summed E-state index contributed by atoms with van der Waals surface area (Å²) in [6, 6.07) is 0. The molecule has 1 fully saturated rings. The highest BCUT2D eigenvalue weighted by molar-refractivity contribution is 5.77. The Morgan fingerprint density at radius 2 is 2.00 bits per heavy atom. The predicted molar refractivity (Wildman–Crippen MR) is 57.5 cm³/mol. The average Bonchev–Trinajstić information content (AvgIpc) is 2.07. The van der Waals surface area contributed by atoms with Crippen molar-refractivity contribution >= 4 is 12.1 Å². The van der Waals surface area contributed by atoms with Crippen molar-refractivity contribution in [2.75, 3.05) is 13.1 Å². The van der Waals surface area contributed by atoms with Crippen molar-refractivity contribution in [2.24, 2.45) is 0 Å². The zero-order chi connectivity index (χ0) is 13.3. The van der Waals surface area contributed by atoms with E-state index in [1.54, 1.807) is 20.8 Å². The van der Waals surface area contributed by atoms with Crippen molar-refractivity contribution in [3.05, 3.63) is 0 Å². The van der Waals surface area contributed by atoms with Crippen molar-refractivity contribution in [3.63, 3.8) is 0 Å². The van der Waals surface area contributed by atoms with Crippen LogP contribution >= 0.6 is 0 Å². The lowest BCUT2D eigenvalue weighted by atomic mass is 9.87. The lowest BCUT2D eigenvalue weighted by molar-refractivity contribution is -0.147. The maximum absolute atomic E-state index is 13.5. The minimum absolute atomic E-state index is 0.0692. The molecule has 7 heteroatoms. The number of alkyl carbamates (subject to hydrolysis) is 1. The van der Waals surface area contributed by atoms with E-state index in [0.29, 0.717) is 0 Å². The number of carboxylic acids is 1. The van der Waals surface area contributed by atoms with Gasteiger partial charge in [0.1, 0.15) is 11.1 Å². The molecule has 1 heterocycles. The third-order valence-electron chi connectivity index (χ3n) is 2.33. The standard InChI is InChI=1S/C10H17FN2O4/c1-9(2,3)17-8(16)13-10(4-12-5-10)6(11)7(14)15/h6,12H,4-5H2,1-3H3,(H,13,16)(H,14,15). The Hall–Kier alpha value is -1.37. The number of carbonyl (C=O) groups is 2. The van der Waals surface area contributed by atoms with Crippen LogP contribution < -0.4 is 10.6 Å². The van der Waals surface area contributed by atoms with Crippen molar-refractivity contribution < 1.29 is 23.8 Å². The Kier molecular flexibility index (Phi) is 3.61. The van der Waals surface area contributed by atoms with Crippen LogP contribution in [-0.4, -0.2) is 47.6 Å². The van der Waals surface area contributed by atoms with E-state index in [1.165, 1.54) is 0 Å². The summed E-state index contributed by atoms with van der Waals surface area (Å²) >= 11 is 0. The van der Waals surface area contributed by atoms with E-state index in [4.69, 9.17) is 9.84 Å². The molecule has 17 heavy (non-hydrogen) atoms. The molecular weight excluding hydrogens is 231 g/mol. The number of carboxylic acid groups (broad SMARTS) is 1. The fourth-order valence-electron chi connectivity index (χ4n) is 1.47. The van der Waals surface area contributed by atoms with Gasteiger partial charge in [0.15, 0.2) is 0 Å². The van der Waals surface area contributed by atoms with Crippen LogP contribution in [0, 0.1) is 0 Å². The number of carbonyl (C=O) groups excluding carboxylic acids is 1. The molecule has 1 aliphatic rings. The molecule has 1 atom stereocenters. The molecule has 0 aromatic rings. The summed E-state index contributed by atoms with van der Waals surface area (Å²) < 4.78 is 18.5. The molecule has 0 bridgehead atoms.